The Morgan fingerprint density at radius 1 is 1.03 bits per heavy atom. The van der Waals surface area contributed by atoms with Gasteiger partial charge in [0, 0.05) is 24.6 Å². The fourth-order valence-corrected chi connectivity index (χ4v) is 4.28. The largest absolute Gasteiger partial charge is 0.494 e. The van der Waals surface area contributed by atoms with Crippen LogP contribution in [0, 0.1) is 0 Å². The summed E-state index contributed by atoms with van der Waals surface area (Å²) in [5.41, 5.74) is 1.16. The number of carbonyl (C=O) groups is 1. The van der Waals surface area contributed by atoms with E-state index in [-0.39, 0.29) is 35.7 Å². The van der Waals surface area contributed by atoms with Gasteiger partial charge in [0.2, 0.25) is 5.91 Å². The second-order valence-electron chi connectivity index (χ2n) is 6.97. The molecular formula is C23H25N3O5S. The van der Waals surface area contributed by atoms with Gasteiger partial charge in [0.05, 0.1) is 29.5 Å². The van der Waals surface area contributed by atoms with Crippen molar-refractivity contribution in [3.63, 3.8) is 0 Å². The highest BCUT2D eigenvalue weighted by molar-refractivity contribution is 7.91. The van der Waals surface area contributed by atoms with Crippen LogP contribution in [0.3, 0.4) is 0 Å². The van der Waals surface area contributed by atoms with Crippen LogP contribution in [0.2, 0.25) is 0 Å². The number of nitrogens with zero attached hydrogens (tertiary/aromatic N) is 2. The van der Waals surface area contributed by atoms with Gasteiger partial charge >= 0.3 is 0 Å². The first kappa shape index (κ1) is 23.2. The van der Waals surface area contributed by atoms with Gasteiger partial charge in [-0.25, -0.2) is 13.1 Å². The average molecular weight is 456 g/mol. The quantitative estimate of drug-likeness (QED) is 0.503. The summed E-state index contributed by atoms with van der Waals surface area (Å²) >= 11 is 0. The van der Waals surface area contributed by atoms with Crippen LogP contribution in [-0.4, -0.2) is 43.0 Å². The molecule has 1 amide bonds. The molecule has 3 aromatic rings. The minimum absolute atomic E-state index is 0.157. The van der Waals surface area contributed by atoms with E-state index < -0.39 is 15.7 Å². The van der Waals surface area contributed by atoms with E-state index in [2.05, 4.69) is 10.4 Å². The van der Waals surface area contributed by atoms with Crippen molar-refractivity contribution in [1.29, 1.82) is 0 Å². The fraction of sp³-hybridized carbons (Fsp3) is 0.261. The first-order valence-corrected chi connectivity index (χ1v) is 11.9. The maximum Gasteiger partial charge on any atom is 0.266 e. The molecule has 1 aromatic heterocycles. The highest BCUT2D eigenvalue weighted by Crippen LogP contribution is 2.19. The van der Waals surface area contributed by atoms with Gasteiger partial charge in [-0.2, -0.15) is 5.10 Å². The van der Waals surface area contributed by atoms with Gasteiger partial charge in [-0.15, -0.1) is 0 Å². The highest BCUT2D eigenvalue weighted by atomic mass is 32.2. The van der Waals surface area contributed by atoms with E-state index in [4.69, 9.17) is 4.74 Å². The first-order valence-electron chi connectivity index (χ1n) is 10.2. The molecule has 0 aliphatic rings. The molecule has 8 nitrogen and oxygen atoms in total. The molecule has 1 N–H and O–H groups in total. The van der Waals surface area contributed by atoms with Crippen molar-refractivity contribution in [3.8, 4) is 17.0 Å². The molecule has 1 heterocycles. The van der Waals surface area contributed by atoms with Crippen LogP contribution in [-0.2, 0) is 21.2 Å². The summed E-state index contributed by atoms with van der Waals surface area (Å²) < 4.78 is 31.2. The second kappa shape index (κ2) is 10.7. The number of aromatic nitrogens is 2. The third-order valence-electron chi connectivity index (χ3n) is 4.67. The molecule has 0 spiro atoms. The topological polar surface area (TPSA) is 107 Å². The third-order valence-corrected chi connectivity index (χ3v) is 6.41. The molecule has 9 heteroatoms. The number of hydrogen-bond donors (Lipinski definition) is 1. The third kappa shape index (κ3) is 6.27. The Kier molecular flexibility index (Phi) is 7.77. The SMILES string of the molecule is CCOc1ccc(-c2ccc(=O)n(CCNC(=O)CCS(=O)(=O)c3ccccc3)n2)cc1. The van der Waals surface area contributed by atoms with Gasteiger partial charge < -0.3 is 10.1 Å². The Bertz CT molecular complexity index is 1210. The number of rotatable bonds is 10. The van der Waals surface area contributed by atoms with Crippen molar-refractivity contribution in [3.05, 3.63) is 77.1 Å². The van der Waals surface area contributed by atoms with Crippen molar-refractivity contribution < 1.29 is 17.9 Å². The predicted molar refractivity (Wildman–Crippen MR) is 121 cm³/mol. The van der Waals surface area contributed by atoms with E-state index in [1.807, 2.05) is 31.2 Å². The highest BCUT2D eigenvalue weighted by Gasteiger charge is 2.16. The molecule has 0 bridgehead atoms. The molecule has 0 fully saturated rings. The number of nitrogens with one attached hydrogen (secondary N) is 1. The summed E-state index contributed by atoms with van der Waals surface area (Å²) in [6.07, 6.45) is -0.161. The Morgan fingerprint density at radius 2 is 1.75 bits per heavy atom. The molecule has 0 atom stereocenters. The van der Waals surface area contributed by atoms with Gasteiger partial charge in [-0.3, -0.25) is 9.59 Å². The lowest BCUT2D eigenvalue weighted by atomic mass is 10.1. The minimum Gasteiger partial charge on any atom is -0.494 e. The molecule has 2 aromatic carbocycles. The van der Waals surface area contributed by atoms with Crippen LogP contribution in [0.5, 0.6) is 5.75 Å². The van der Waals surface area contributed by atoms with E-state index in [1.54, 1.807) is 24.3 Å². The Hall–Kier alpha value is -3.46. The summed E-state index contributed by atoms with van der Waals surface area (Å²) in [6, 6.07) is 18.5. The summed E-state index contributed by atoms with van der Waals surface area (Å²) in [6.45, 7) is 2.81. The molecule has 0 radical (unpaired) electrons. The van der Waals surface area contributed by atoms with Crippen LogP contribution in [0.25, 0.3) is 11.3 Å². The van der Waals surface area contributed by atoms with Crippen molar-refractivity contribution in [2.75, 3.05) is 18.9 Å². The van der Waals surface area contributed by atoms with Crippen molar-refractivity contribution in [2.45, 2.75) is 24.8 Å². The number of hydrogen-bond acceptors (Lipinski definition) is 6. The molecule has 0 aliphatic carbocycles. The molecular weight excluding hydrogens is 430 g/mol. The Labute approximate surface area is 186 Å². The van der Waals surface area contributed by atoms with E-state index in [9.17, 15) is 18.0 Å². The van der Waals surface area contributed by atoms with Crippen molar-refractivity contribution in [2.24, 2.45) is 0 Å². The maximum atomic E-state index is 12.3. The predicted octanol–water partition coefficient (Wildman–Crippen LogP) is 2.29. The van der Waals surface area contributed by atoms with Crippen LogP contribution >= 0.6 is 0 Å². The van der Waals surface area contributed by atoms with Crippen LogP contribution in [0.4, 0.5) is 0 Å². The zero-order valence-corrected chi connectivity index (χ0v) is 18.5. The average Bonchev–Trinajstić information content (AvgIpc) is 2.80. The molecule has 0 saturated carbocycles. The Morgan fingerprint density at radius 3 is 2.44 bits per heavy atom. The Balaban J connectivity index is 1.54. The maximum absolute atomic E-state index is 12.3. The molecule has 3 rings (SSSR count). The molecule has 168 valence electrons. The van der Waals surface area contributed by atoms with Crippen molar-refractivity contribution in [1.82, 2.24) is 15.1 Å². The second-order valence-corrected chi connectivity index (χ2v) is 9.08. The van der Waals surface area contributed by atoms with Gasteiger partial charge in [-0.1, -0.05) is 18.2 Å². The molecule has 0 unspecified atom stereocenters. The van der Waals surface area contributed by atoms with Gasteiger partial charge in [0.15, 0.2) is 9.84 Å². The van der Waals surface area contributed by atoms with E-state index >= 15 is 0 Å². The lowest BCUT2D eigenvalue weighted by Crippen LogP contribution is -2.32. The van der Waals surface area contributed by atoms with Gasteiger partial charge in [0.25, 0.3) is 5.56 Å². The summed E-state index contributed by atoms with van der Waals surface area (Å²) in [7, 11) is -3.52. The van der Waals surface area contributed by atoms with Crippen LogP contribution in [0.1, 0.15) is 13.3 Å². The number of ether oxygens (including phenoxy) is 1. The van der Waals surface area contributed by atoms with Crippen LogP contribution < -0.4 is 15.6 Å². The fourth-order valence-electron chi connectivity index (χ4n) is 3.01. The van der Waals surface area contributed by atoms with Gasteiger partial charge in [-0.05, 0) is 49.4 Å². The monoisotopic (exact) mass is 455 g/mol. The molecule has 0 aliphatic heterocycles. The molecule has 32 heavy (non-hydrogen) atoms. The standard InChI is InChI=1S/C23H25N3O5S/c1-2-31-19-10-8-18(9-11-19)21-12-13-23(28)26(25-21)16-15-24-22(27)14-17-32(29,30)20-6-4-3-5-7-20/h3-13H,2,14-17H2,1H3,(H,24,27). The summed E-state index contributed by atoms with van der Waals surface area (Å²) in [5, 5.41) is 7.00. The van der Waals surface area contributed by atoms with Crippen LogP contribution in [0.15, 0.2) is 76.4 Å². The zero-order valence-electron chi connectivity index (χ0n) is 17.7. The normalized spacial score (nSPS) is 11.2. The smallest absolute Gasteiger partial charge is 0.266 e. The van der Waals surface area contributed by atoms with Gasteiger partial charge in [0.1, 0.15) is 5.75 Å². The lowest BCUT2D eigenvalue weighted by Gasteiger charge is -2.09. The number of amides is 1. The number of carbonyl (C=O) groups excluding carboxylic acids is 1. The minimum atomic E-state index is -3.52. The first-order chi connectivity index (χ1) is 15.4. The number of benzene rings is 2. The van der Waals surface area contributed by atoms with E-state index in [0.717, 1.165) is 11.3 Å². The number of sulfone groups is 1. The zero-order chi connectivity index (χ0) is 23.0. The van der Waals surface area contributed by atoms with E-state index in [1.165, 1.54) is 22.9 Å². The lowest BCUT2D eigenvalue weighted by molar-refractivity contribution is -0.120. The van der Waals surface area contributed by atoms with E-state index in [0.29, 0.717) is 12.3 Å². The summed E-state index contributed by atoms with van der Waals surface area (Å²) in [5.74, 6) is 0.0654. The summed E-state index contributed by atoms with van der Waals surface area (Å²) in [4.78, 5) is 24.4. The molecule has 0 saturated heterocycles. The van der Waals surface area contributed by atoms with Crippen molar-refractivity contribution >= 4 is 15.7 Å².